The normalized spacial score (nSPS) is 13.5. The van der Waals surface area contributed by atoms with Gasteiger partial charge in [-0.1, -0.05) is 0 Å². The molecule has 0 aliphatic rings. The van der Waals surface area contributed by atoms with Gasteiger partial charge in [0.15, 0.2) is 0 Å². The van der Waals surface area contributed by atoms with Crippen molar-refractivity contribution in [2.24, 2.45) is 11.5 Å². The summed E-state index contributed by atoms with van der Waals surface area (Å²) in [6.07, 6.45) is 7.88. The van der Waals surface area contributed by atoms with Crippen molar-refractivity contribution in [2.75, 3.05) is 0 Å². The fraction of sp³-hybridized carbons (Fsp3) is 0.143. The van der Waals surface area contributed by atoms with Crippen molar-refractivity contribution in [3.8, 4) is 0 Å². The molecular formula is C7H10N4. The zero-order valence-corrected chi connectivity index (χ0v) is 6.01. The molecule has 0 fully saturated rings. The highest BCUT2D eigenvalue weighted by molar-refractivity contribution is 5.14. The van der Waals surface area contributed by atoms with Crippen molar-refractivity contribution in [1.82, 2.24) is 9.97 Å². The Balaban J connectivity index is 2.76. The summed E-state index contributed by atoms with van der Waals surface area (Å²) in [4.78, 5) is 7.64. The number of nitrogens with two attached hydrogens (primary N) is 2. The van der Waals surface area contributed by atoms with E-state index in [1.807, 2.05) is 0 Å². The van der Waals surface area contributed by atoms with Crippen LogP contribution in [-0.2, 0) is 0 Å². The van der Waals surface area contributed by atoms with Crippen LogP contribution in [0.4, 0.5) is 0 Å². The van der Waals surface area contributed by atoms with Gasteiger partial charge < -0.3 is 11.5 Å². The standard InChI is InChI=1S/C7H10N4/c8-2-1-7(9)6-3-10-5-11-4-6/h1-5,7H,8-9H2/b2-1-. The Morgan fingerprint density at radius 2 is 2.00 bits per heavy atom. The molecule has 0 saturated heterocycles. The van der Waals surface area contributed by atoms with E-state index in [-0.39, 0.29) is 6.04 Å². The van der Waals surface area contributed by atoms with Crippen LogP contribution >= 0.6 is 0 Å². The number of rotatable bonds is 2. The van der Waals surface area contributed by atoms with E-state index >= 15 is 0 Å². The summed E-state index contributed by atoms with van der Waals surface area (Å²) < 4.78 is 0. The van der Waals surface area contributed by atoms with Crippen molar-refractivity contribution in [3.63, 3.8) is 0 Å². The van der Waals surface area contributed by atoms with Crippen LogP contribution in [0.25, 0.3) is 0 Å². The van der Waals surface area contributed by atoms with Gasteiger partial charge in [0.25, 0.3) is 0 Å². The van der Waals surface area contributed by atoms with Crippen LogP contribution in [0.5, 0.6) is 0 Å². The third-order valence-electron chi connectivity index (χ3n) is 1.28. The van der Waals surface area contributed by atoms with E-state index in [0.717, 1.165) is 5.56 Å². The Morgan fingerprint density at radius 1 is 1.36 bits per heavy atom. The van der Waals surface area contributed by atoms with Crippen LogP contribution in [-0.4, -0.2) is 9.97 Å². The van der Waals surface area contributed by atoms with Gasteiger partial charge in [-0.15, -0.1) is 0 Å². The number of aromatic nitrogens is 2. The van der Waals surface area contributed by atoms with Gasteiger partial charge in [0.1, 0.15) is 6.33 Å². The Labute approximate surface area is 65.0 Å². The zero-order valence-electron chi connectivity index (χ0n) is 6.01. The summed E-state index contributed by atoms with van der Waals surface area (Å²) in [7, 11) is 0. The molecule has 0 radical (unpaired) electrons. The van der Waals surface area contributed by atoms with Gasteiger partial charge in [-0.25, -0.2) is 9.97 Å². The minimum atomic E-state index is -0.207. The van der Waals surface area contributed by atoms with Gasteiger partial charge in [-0.2, -0.15) is 0 Å². The Hall–Kier alpha value is -1.42. The van der Waals surface area contributed by atoms with Gasteiger partial charge in [0.05, 0.1) is 6.04 Å². The molecule has 0 bridgehead atoms. The molecule has 0 amide bonds. The van der Waals surface area contributed by atoms with Gasteiger partial charge in [-0.3, -0.25) is 0 Å². The summed E-state index contributed by atoms with van der Waals surface area (Å²) in [5, 5.41) is 0. The fourth-order valence-corrected chi connectivity index (χ4v) is 0.714. The highest BCUT2D eigenvalue weighted by Crippen LogP contribution is 2.06. The van der Waals surface area contributed by atoms with E-state index < -0.39 is 0 Å². The van der Waals surface area contributed by atoms with Crippen LogP contribution in [0.2, 0.25) is 0 Å². The SMILES string of the molecule is N/C=C\C(N)c1cncnc1. The molecule has 0 aliphatic heterocycles. The maximum absolute atomic E-state index is 5.66. The highest BCUT2D eigenvalue weighted by Gasteiger charge is 1.99. The Bertz CT molecular complexity index is 231. The minimum Gasteiger partial charge on any atom is -0.405 e. The van der Waals surface area contributed by atoms with Crippen molar-refractivity contribution in [1.29, 1.82) is 0 Å². The summed E-state index contributed by atoms with van der Waals surface area (Å²) in [5.41, 5.74) is 11.7. The van der Waals surface area contributed by atoms with Crippen molar-refractivity contribution < 1.29 is 0 Å². The molecule has 1 aromatic rings. The summed E-state index contributed by atoms with van der Waals surface area (Å²) in [6, 6.07) is -0.207. The molecule has 11 heavy (non-hydrogen) atoms. The van der Waals surface area contributed by atoms with Gasteiger partial charge in [0, 0.05) is 18.0 Å². The highest BCUT2D eigenvalue weighted by atomic mass is 14.8. The molecule has 4 heteroatoms. The predicted octanol–water partition coefficient (Wildman–Crippen LogP) is -0.0512. The second kappa shape index (κ2) is 3.68. The topological polar surface area (TPSA) is 77.8 Å². The largest absolute Gasteiger partial charge is 0.405 e. The van der Waals surface area contributed by atoms with Crippen molar-refractivity contribution >= 4 is 0 Å². The molecule has 0 aromatic carbocycles. The van der Waals surface area contributed by atoms with Crippen LogP contribution in [0, 0.1) is 0 Å². The third kappa shape index (κ3) is 2.01. The van der Waals surface area contributed by atoms with Gasteiger partial charge in [-0.05, 0) is 12.3 Å². The number of nitrogens with zero attached hydrogens (tertiary/aromatic N) is 2. The van der Waals surface area contributed by atoms with Gasteiger partial charge in [0.2, 0.25) is 0 Å². The minimum absolute atomic E-state index is 0.207. The quantitative estimate of drug-likeness (QED) is 0.619. The average Bonchev–Trinajstić information content (AvgIpc) is 2.07. The van der Waals surface area contributed by atoms with Crippen molar-refractivity contribution in [3.05, 3.63) is 36.6 Å². The molecule has 1 atom stereocenters. The third-order valence-corrected chi connectivity index (χ3v) is 1.28. The predicted molar refractivity (Wildman–Crippen MR) is 42.3 cm³/mol. The molecule has 0 spiro atoms. The monoisotopic (exact) mass is 150 g/mol. The van der Waals surface area contributed by atoms with Gasteiger partial charge >= 0.3 is 0 Å². The smallest absolute Gasteiger partial charge is 0.115 e. The number of hydrogen-bond donors (Lipinski definition) is 2. The first kappa shape index (κ1) is 7.68. The van der Waals surface area contributed by atoms with Crippen LogP contribution in [0.3, 0.4) is 0 Å². The second-order valence-corrected chi connectivity index (χ2v) is 2.08. The van der Waals surface area contributed by atoms with E-state index in [0.29, 0.717) is 0 Å². The van der Waals surface area contributed by atoms with Crippen LogP contribution < -0.4 is 11.5 Å². The molecule has 1 heterocycles. The summed E-state index contributed by atoms with van der Waals surface area (Å²) >= 11 is 0. The molecular weight excluding hydrogens is 140 g/mol. The molecule has 1 unspecified atom stereocenters. The first-order valence-electron chi connectivity index (χ1n) is 3.23. The maximum Gasteiger partial charge on any atom is 0.115 e. The van der Waals surface area contributed by atoms with Crippen molar-refractivity contribution in [2.45, 2.75) is 6.04 Å². The Morgan fingerprint density at radius 3 is 2.55 bits per heavy atom. The van der Waals surface area contributed by atoms with E-state index in [1.54, 1.807) is 18.5 Å². The first-order chi connectivity index (χ1) is 5.34. The molecule has 0 aliphatic carbocycles. The van der Waals surface area contributed by atoms with Crippen LogP contribution in [0.1, 0.15) is 11.6 Å². The van der Waals surface area contributed by atoms with E-state index in [2.05, 4.69) is 9.97 Å². The molecule has 4 N–H and O–H groups in total. The lowest BCUT2D eigenvalue weighted by Crippen LogP contribution is -2.08. The van der Waals surface area contributed by atoms with E-state index in [4.69, 9.17) is 11.5 Å². The molecule has 0 saturated carbocycles. The molecule has 4 nitrogen and oxygen atoms in total. The molecule has 58 valence electrons. The summed E-state index contributed by atoms with van der Waals surface area (Å²) in [5.74, 6) is 0. The zero-order chi connectivity index (χ0) is 8.10. The molecule has 1 aromatic heterocycles. The van der Waals surface area contributed by atoms with E-state index in [1.165, 1.54) is 12.5 Å². The second-order valence-electron chi connectivity index (χ2n) is 2.08. The molecule has 1 rings (SSSR count). The first-order valence-corrected chi connectivity index (χ1v) is 3.23. The fourth-order valence-electron chi connectivity index (χ4n) is 0.714. The average molecular weight is 150 g/mol. The number of hydrogen-bond acceptors (Lipinski definition) is 4. The lowest BCUT2D eigenvalue weighted by atomic mass is 10.2. The van der Waals surface area contributed by atoms with E-state index in [9.17, 15) is 0 Å². The lowest BCUT2D eigenvalue weighted by Gasteiger charge is -2.03. The summed E-state index contributed by atoms with van der Waals surface area (Å²) in [6.45, 7) is 0. The van der Waals surface area contributed by atoms with Crippen LogP contribution in [0.15, 0.2) is 31.0 Å². The Kier molecular flexibility index (Phi) is 2.57. The maximum atomic E-state index is 5.66. The lowest BCUT2D eigenvalue weighted by molar-refractivity contribution is 0.882.